The molecule has 0 bridgehead atoms. The molecular formula is C12H22O11. The summed E-state index contributed by atoms with van der Waals surface area (Å²) in [6, 6.07) is 0. The third-order valence-corrected chi connectivity index (χ3v) is 3.98. The van der Waals surface area contributed by atoms with E-state index in [0.29, 0.717) is 0 Å². The highest BCUT2D eigenvalue weighted by Crippen LogP contribution is 2.28. The van der Waals surface area contributed by atoms with E-state index in [4.69, 9.17) is 19.3 Å². The van der Waals surface area contributed by atoms with E-state index in [1.807, 2.05) is 0 Å². The van der Waals surface area contributed by atoms with Crippen LogP contribution in [0.5, 0.6) is 0 Å². The van der Waals surface area contributed by atoms with Crippen molar-refractivity contribution in [3.8, 4) is 0 Å². The van der Waals surface area contributed by atoms with Crippen molar-refractivity contribution in [2.24, 2.45) is 0 Å². The molecule has 2 heterocycles. The summed E-state index contributed by atoms with van der Waals surface area (Å²) >= 11 is 0. The highest BCUT2D eigenvalue weighted by molar-refractivity contribution is 4.93. The minimum atomic E-state index is -1.74. The summed E-state index contributed by atoms with van der Waals surface area (Å²) in [5.74, 6) is 0. The van der Waals surface area contributed by atoms with Crippen LogP contribution in [0.15, 0.2) is 0 Å². The average molecular weight is 342 g/mol. The van der Waals surface area contributed by atoms with Crippen molar-refractivity contribution in [3.63, 3.8) is 0 Å². The van der Waals surface area contributed by atoms with Gasteiger partial charge in [0.05, 0.1) is 13.2 Å². The van der Waals surface area contributed by atoms with Crippen LogP contribution in [0.3, 0.4) is 0 Å². The Kier molecular flexibility index (Phi) is 6.27. The molecule has 11 heteroatoms. The molecule has 0 radical (unpaired) electrons. The van der Waals surface area contributed by atoms with Gasteiger partial charge in [0.25, 0.3) is 0 Å². The Hall–Kier alpha value is -0.440. The number of aliphatic hydroxyl groups excluding tert-OH is 8. The van der Waals surface area contributed by atoms with Gasteiger partial charge in [-0.15, -0.1) is 0 Å². The van der Waals surface area contributed by atoms with Gasteiger partial charge in [-0.2, -0.15) is 0 Å². The fourth-order valence-electron chi connectivity index (χ4n) is 2.57. The Labute approximate surface area is 130 Å². The number of rotatable bonds is 4. The van der Waals surface area contributed by atoms with Gasteiger partial charge in [-0.1, -0.05) is 0 Å². The summed E-state index contributed by atoms with van der Waals surface area (Å²) in [6.07, 6.45) is -15.6. The predicted molar refractivity (Wildman–Crippen MR) is 68.6 cm³/mol. The second-order valence-electron chi connectivity index (χ2n) is 5.53. The van der Waals surface area contributed by atoms with Crippen LogP contribution in [0.25, 0.3) is 0 Å². The highest BCUT2D eigenvalue weighted by Gasteiger charge is 2.50. The molecule has 2 saturated heterocycles. The predicted octanol–water partition coefficient (Wildman–Crippen LogP) is -5.40. The van der Waals surface area contributed by atoms with Crippen molar-refractivity contribution >= 4 is 0 Å². The Balaban J connectivity index is 2.11. The standard InChI is InChI=1S/C12H22O11/c13-1-3-5(15)6(16)9(19)12(22-3)23-10-4(2-14)21-11(20)8(18)7(10)17/h3-20H,1-2H2/t3?,4?,5-,6+,7-,8-,9-,10-,11-,12+/m1/s1. The van der Waals surface area contributed by atoms with Gasteiger partial charge in [0, 0.05) is 0 Å². The smallest absolute Gasteiger partial charge is 0.187 e. The zero-order chi connectivity index (χ0) is 17.3. The quantitative estimate of drug-likeness (QED) is 0.243. The van der Waals surface area contributed by atoms with Gasteiger partial charge in [0.15, 0.2) is 12.6 Å². The number of hydrogen-bond donors (Lipinski definition) is 8. The fraction of sp³-hybridized carbons (Fsp3) is 1.00. The molecule has 2 unspecified atom stereocenters. The molecule has 0 amide bonds. The average Bonchev–Trinajstić information content (AvgIpc) is 2.55. The van der Waals surface area contributed by atoms with E-state index in [-0.39, 0.29) is 0 Å². The number of hydrogen-bond acceptors (Lipinski definition) is 11. The molecule has 8 N–H and O–H groups in total. The molecule has 2 aliphatic heterocycles. The zero-order valence-electron chi connectivity index (χ0n) is 12.0. The van der Waals surface area contributed by atoms with E-state index in [9.17, 15) is 35.7 Å². The monoisotopic (exact) mass is 342 g/mol. The minimum Gasteiger partial charge on any atom is -0.394 e. The Morgan fingerprint density at radius 2 is 1.26 bits per heavy atom. The van der Waals surface area contributed by atoms with Gasteiger partial charge in [-0.05, 0) is 0 Å². The van der Waals surface area contributed by atoms with E-state index in [1.54, 1.807) is 0 Å². The second kappa shape index (κ2) is 7.63. The second-order valence-corrected chi connectivity index (χ2v) is 5.53. The van der Waals surface area contributed by atoms with Crippen LogP contribution in [-0.2, 0) is 14.2 Å². The third-order valence-electron chi connectivity index (χ3n) is 3.98. The lowest BCUT2D eigenvalue weighted by molar-refractivity contribution is -0.355. The maximum atomic E-state index is 9.94. The molecule has 10 atom stereocenters. The van der Waals surface area contributed by atoms with E-state index >= 15 is 0 Å². The van der Waals surface area contributed by atoms with Crippen molar-refractivity contribution in [2.45, 2.75) is 61.4 Å². The van der Waals surface area contributed by atoms with Crippen molar-refractivity contribution < 1.29 is 55.1 Å². The molecular weight excluding hydrogens is 320 g/mol. The van der Waals surface area contributed by atoms with Crippen molar-refractivity contribution in [2.75, 3.05) is 13.2 Å². The fourth-order valence-corrected chi connectivity index (χ4v) is 2.57. The molecule has 136 valence electrons. The molecule has 23 heavy (non-hydrogen) atoms. The molecule has 11 nitrogen and oxygen atoms in total. The van der Waals surface area contributed by atoms with Crippen LogP contribution in [0.4, 0.5) is 0 Å². The van der Waals surface area contributed by atoms with Gasteiger partial charge in [-0.3, -0.25) is 0 Å². The Morgan fingerprint density at radius 3 is 1.83 bits per heavy atom. The topological polar surface area (TPSA) is 190 Å². The molecule has 2 aliphatic rings. The summed E-state index contributed by atoms with van der Waals surface area (Å²) in [5.41, 5.74) is 0. The first-order chi connectivity index (χ1) is 10.8. The molecule has 0 aromatic carbocycles. The molecule has 0 spiro atoms. The summed E-state index contributed by atoms with van der Waals surface area (Å²) in [5, 5.41) is 76.5. The minimum absolute atomic E-state index is 0.667. The van der Waals surface area contributed by atoms with Crippen LogP contribution in [0.1, 0.15) is 0 Å². The SMILES string of the molecule is OCC1O[C@@H](O[C@@H]2C(CO)O[C@@H](O)[C@H](O)[C@H]2O)[C@H](O)[C@@H](O)[C@@H]1O. The van der Waals surface area contributed by atoms with Gasteiger partial charge in [0.2, 0.25) is 0 Å². The molecule has 2 rings (SSSR count). The van der Waals surface area contributed by atoms with Crippen LogP contribution in [0.2, 0.25) is 0 Å². The zero-order valence-corrected chi connectivity index (χ0v) is 12.0. The van der Waals surface area contributed by atoms with Crippen LogP contribution in [-0.4, -0.2) is 115 Å². The van der Waals surface area contributed by atoms with Crippen molar-refractivity contribution in [1.82, 2.24) is 0 Å². The molecule has 0 saturated carbocycles. The normalized spacial score (nSPS) is 51.7. The lowest BCUT2D eigenvalue weighted by Crippen LogP contribution is -2.64. The number of ether oxygens (including phenoxy) is 3. The highest BCUT2D eigenvalue weighted by atomic mass is 16.7. The first kappa shape index (κ1) is 18.9. The van der Waals surface area contributed by atoms with E-state index in [1.165, 1.54) is 0 Å². The van der Waals surface area contributed by atoms with E-state index in [2.05, 4.69) is 0 Å². The molecule has 0 aromatic heterocycles. The summed E-state index contributed by atoms with van der Waals surface area (Å²) in [4.78, 5) is 0. The first-order valence-electron chi connectivity index (χ1n) is 7.08. The molecule has 0 aliphatic carbocycles. The van der Waals surface area contributed by atoms with Gasteiger partial charge in [-0.25, -0.2) is 0 Å². The maximum Gasteiger partial charge on any atom is 0.187 e. The van der Waals surface area contributed by atoms with Crippen molar-refractivity contribution in [3.05, 3.63) is 0 Å². The van der Waals surface area contributed by atoms with Gasteiger partial charge in [0.1, 0.15) is 48.8 Å². The lowest BCUT2D eigenvalue weighted by atomic mass is 9.97. The summed E-state index contributed by atoms with van der Waals surface area (Å²) < 4.78 is 15.3. The van der Waals surface area contributed by atoms with Crippen LogP contribution < -0.4 is 0 Å². The van der Waals surface area contributed by atoms with Crippen LogP contribution >= 0.6 is 0 Å². The van der Waals surface area contributed by atoms with Crippen LogP contribution in [0, 0.1) is 0 Å². The molecule has 2 fully saturated rings. The third kappa shape index (κ3) is 3.65. The van der Waals surface area contributed by atoms with Crippen molar-refractivity contribution in [1.29, 1.82) is 0 Å². The lowest BCUT2D eigenvalue weighted by Gasteiger charge is -2.45. The van der Waals surface area contributed by atoms with E-state index < -0.39 is 74.6 Å². The largest absolute Gasteiger partial charge is 0.394 e. The Morgan fingerprint density at radius 1 is 0.652 bits per heavy atom. The van der Waals surface area contributed by atoms with Gasteiger partial charge >= 0.3 is 0 Å². The first-order valence-corrected chi connectivity index (χ1v) is 7.08. The maximum absolute atomic E-state index is 9.94. The number of aliphatic hydroxyl groups is 8. The molecule has 0 aromatic rings. The van der Waals surface area contributed by atoms with Gasteiger partial charge < -0.3 is 55.1 Å². The Bertz CT molecular complexity index is 378. The summed E-state index contributed by atoms with van der Waals surface area (Å²) in [6.45, 7) is -1.35. The summed E-state index contributed by atoms with van der Waals surface area (Å²) in [7, 11) is 0. The van der Waals surface area contributed by atoms with E-state index in [0.717, 1.165) is 0 Å².